The third-order valence-corrected chi connectivity index (χ3v) is 7.31. The molecule has 9 nitrogen and oxygen atoms in total. The van der Waals surface area contributed by atoms with Gasteiger partial charge in [-0.1, -0.05) is 0 Å². The van der Waals surface area contributed by atoms with E-state index in [1.54, 1.807) is 43.3 Å². The Hall–Kier alpha value is -3.67. The summed E-state index contributed by atoms with van der Waals surface area (Å²) in [5.74, 6) is 0.753. The molecule has 198 valence electrons. The van der Waals surface area contributed by atoms with Crippen LogP contribution in [0.5, 0.6) is 0 Å². The molecule has 3 aromatic rings. The van der Waals surface area contributed by atoms with Crippen LogP contribution >= 0.6 is 11.9 Å². The first-order valence-electron chi connectivity index (χ1n) is 12.5. The van der Waals surface area contributed by atoms with Gasteiger partial charge >= 0.3 is 0 Å². The van der Waals surface area contributed by atoms with Crippen molar-refractivity contribution in [2.75, 3.05) is 37.3 Å². The van der Waals surface area contributed by atoms with Crippen molar-refractivity contribution in [1.82, 2.24) is 30.0 Å². The van der Waals surface area contributed by atoms with Crippen LogP contribution in [0.2, 0.25) is 0 Å². The molecule has 3 heterocycles. The Labute approximate surface area is 226 Å². The summed E-state index contributed by atoms with van der Waals surface area (Å²) in [4.78, 5) is 29.3. The lowest BCUT2D eigenvalue weighted by atomic mass is 10.0. The third kappa shape index (κ3) is 6.42. The van der Waals surface area contributed by atoms with E-state index in [0.29, 0.717) is 22.9 Å². The minimum atomic E-state index is -0.249. The minimum absolute atomic E-state index is 0.0101. The highest BCUT2D eigenvalue weighted by Gasteiger charge is 2.27. The zero-order valence-corrected chi connectivity index (χ0v) is 22.2. The van der Waals surface area contributed by atoms with Crippen molar-refractivity contribution >= 4 is 41.0 Å². The number of anilines is 4. The monoisotopic (exact) mass is 534 g/mol. The smallest absolute Gasteiger partial charge is 0.253 e. The van der Waals surface area contributed by atoms with Crippen LogP contribution in [0.3, 0.4) is 0 Å². The van der Waals surface area contributed by atoms with E-state index in [9.17, 15) is 9.18 Å². The number of carbonyl (C=O) groups excluding carboxylic acids is 1. The molecule has 0 saturated carbocycles. The lowest BCUT2D eigenvalue weighted by Crippen LogP contribution is -2.49. The number of aromatic nitrogens is 2. The van der Waals surface area contributed by atoms with Crippen LogP contribution in [0.4, 0.5) is 27.5 Å². The zero-order valence-electron chi connectivity index (χ0n) is 21.4. The van der Waals surface area contributed by atoms with Gasteiger partial charge in [-0.3, -0.25) is 9.69 Å². The number of hydrogen-bond acceptors (Lipinski definition) is 9. The van der Waals surface area contributed by atoms with E-state index in [1.807, 2.05) is 36.2 Å². The molecule has 2 aliphatic heterocycles. The molecular formula is C27H31FN8OS. The van der Waals surface area contributed by atoms with E-state index in [-0.39, 0.29) is 17.8 Å². The molecule has 1 amide bonds. The molecule has 1 fully saturated rings. The third-order valence-electron chi connectivity index (χ3n) is 6.69. The number of nitrogens with zero attached hydrogens (tertiary/aromatic N) is 4. The fourth-order valence-corrected chi connectivity index (χ4v) is 5.11. The summed E-state index contributed by atoms with van der Waals surface area (Å²) in [6, 6.07) is 14.1. The molecule has 1 unspecified atom stereocenters. The number of nitrogens with one attached hydrogen (secondary N) is 4. The van der Waals surface area contributed by atoms with Crippen LogP contribution in [0.1, 0.15) is 28.8 Å². The van der Waals surface area contributed by atoms with Gasteiger partial charge in [0.05, 0.1) is 0 Å². The highest BCUT2D eigenvalue weighted by molar-refractivity contribution is 8.00. The molecule has 0 aliphatic carbocycles. The van der Waals surface area contributed by atoms with Gasteiger partial charge in [0.15, 0.2) is 0 Å². The molecule has 0 spiro atoms. The van der Waals surface area contributed by atoms with E-state index in [1.165, 1.54) is 6.07 Å². The van der Waals surface area contributed by atoms with Gasteiger partial charge in [0, 0.05) is 60.4 Å². The van der Waals surface area contributed by atoms with Crippen molar-refractivity contribution in [3.63, 3.8) is 0 Å². The number of carbonyl (C=O) groups is 1. The molecule has 0 radical (unpaired) electrons. The van der Waals surface area contributed by atoms with E-state index >= 15 is 0 Å². The maximum Gasteiger partial charge on any atom is 0.253 e. The van der Waals surface area contributed by atoms with Gasteiger partial charge in [0.2, 0.25) is 5.95 Å². The summed E-state index contributed by atoms with van der Waals surface area (Å²) < 4.78 is 13.5. The Balaban J connectivity index is 1.18. The first kappa shape index (κ1) is 26.0. The highest BCUT2D eigenvalue weighted by Crippen LogP contribution is 2.22. The van der Waals surface area contributed by atoms with Crippen LogP contribution in [0.25, 0.3) is 0 Å². The average Bonchev–Trinajstić information content (AvgIpc) is 3.44. The number of benzene rings is 2. The summed E-state index contributed by atoms with van der Waals surface area (Å²) in [7, 11) is 1.89. The summed E-state index contributed by atoms with van der Waals surface area (Å²) >= 11 is 1.54. The summed E-state index contributed by atoms with van der Waals surface area (Å²) in [5, 5.41) is 8.43. The molecule has 5 rings (SSSR count). The zero-order chi connectivity index (χ0) is 26.5. The predicted octanol–water partition coefficient (Wildman–Crippen LogP) is 4.55. The second-order valence-electron chi connectivity index (χ2n) is 9.49. The Kier molecular flexibility index (Phi) is 8.06. The molecule has 11 heteroatoms. The lowest BCUT2D eigenvalue weighted by Gasteiger charge is -2.37. The van der Waals surface area contributed by atoms with E-state index < -0.39 is 0 Å². The summed E-state index contributed by atoms with van der Waals surface area (Å²) in [5.41, 5.74) is 7.02. The maximum absolute atomic E-state index is 13.5. The lowest BCUT2D eigenvalue weighted by molar-refractivity contribution is 0.0627. The molecule has 2 aromatic carbocycles. The Morgan fingerprint density at radius 1 is 1.18 bits per heavy atom. The molecule has 0 bridgehead atoms. The van der Waals surface area contributed by atoms with Crippen LogP contribution in [-0.2, 0) is 0 Å². The average molecular weight is 535 g/mol. The number of hydrogen-bond donors (Lipinski definition) is 4. The molecule has 38 heavy (non-hydrogen) atoms. The number of amides is 1. The van der Waals surface area contributed by atoms with Crippen molar-refractivity contribution in [2.24, 2.45) is 0 Å². The van der Waals surface area contributed by atoms with E-state index in [4.69, 9.17) is 0 Å². The van der Waals surface area contributed by atoms with Crippen LogP contribution < -0.4 is 20.9 Å². The van der Waals surface area contributed by atoms with E-state index in [0.717, 1.165) is 49.5 Å². The van der Waals surface area contributed by atoms with E-state index in [2.05, 4.69) is 41.2 Å². The van der Waals surface area contributed by atoms with Crippen molar-refractivity contribution < 1.29 is 9.18 Å². The highest BCUT2D eigenvalue weighted by atomic mass is 32.2. The van der Waals surface area contributed by atoms with Crippen molar-refractivity contribution in [1.29, 1.82) is 0 Å². The first-order valence-corrected chi connectivity index (χ1v) is 13.4. The number of halogens is 1. The SMILES string of the molecule is Cc1cc(Nc2ccnc(Nc3ccc(C(=O)N(C)C4CCCN(CC5=CSNN5)C4)cc3)n2)ccc1F. The quantitative estimate of drug-likeness (QED) is 0.311. The first-order chi connectivity index (χ1) is 18.4. The summed E-state index contributed by atoms with van der Waals surface area (Å²) in [6.07, 6.45) is 3.70. The molecule has 2 aliphatic rings. The fourth-order valence-electron chi connectivity index (χ4n) is 4.59. The van der Waals surface area contributed by atoms with Gasteiger partial charge in [-0.15, -0.1) is 0 Å². The number of rotatable bonds is 8. The Bertz CT molecular complexity index is 1320. The topological polar surface area (TPSA) is 97.5 Å². The number of likely N-dealkylation sites (tertiary alicyclic amines) is 1. The summed E-state index contributed by atoms with van der Waals surface area (Å²) in [6.45, 7) is 4.45. The van der Waals surface area contributed by atoms with Gasteiger partial charge in [-0.25, -0.2) is 9.37 Å². The standard InChI is InChI=1S/C27H31FN8OS/c1-18-14-21(9-10-24(18)28)30-25-11-12-29-27(32-25)31-20-7-5-19(6-8-20)26(37)35(2)23-4-3-13-36(16-23)15-22-17-38-34-33-22/h5-12,14,17,23,33-34H,3-4,13,15-16H2,1-2H3,(H2,29,30,31,32). The molecular weight excluding hydrogens is 503 g/mol. The Morgan fingerprint density at radius 3 is 2.76 bits per heavy atom. The molecule has 1 aromatic heterocycles. The molecule has 1 atom stereocenters. The van der Waals surface area contributed by atoms with Gasteiger partial charge < -0.3 is 21.0 Å². The molecule has 4 N–H and O–H groups in total. The number of piperidine rings is 1. The molecule has 1 saturated heterocycles. The second-order valence-corrected chi connectivity index (χ2v) is 10.2. The normalized spacial score (nSPS) is 17.4. The van der Waals surface area contributed by atoms with Gasteiger partial charge in [-0.2, -0.15) is 9.82 Å². The van der Waals surface area contributed by atoms with Crippen LogP contribution in [0, 0.1) is 12.7 Å². The van der Waals surface area contributed by atoms with Crippen molar-refractivity contribution in [3.8, 4) is 0 Å². The maximum atomic E-state index is 13.5. The largest absolute Gasteiger partial charge is 0.340 e. The van der Waals surface area contributed by atoms with Crippen molar-refractivity contribution in [3.05, 3.63) is 82.8 Å². The van der Waals surface area contributed by atoms with Gasteiger partial charge in [0.1, 0.15) is 11.6 Å². The second kappa shape index (κ2) is 11.8. The number of likely N-dealkylation sites (N-methyl/N-ethyl adjacent to an activating group) is 1. The minimum Gasteiger partial charge on any atom is -0.340 e. The van der Waals surface area contributed by atoms with Crippen LogP contribution in [0.15, 0.2) is 65.8 Å². The number of aryl methyl sites for hydroxylation is 1. The van der Waals surface area contributed by atoms with Crippen molar-refractivity contribution in [2.45, 2.75) is 25.8 Å². The van der Waals surface area contributed by atoms with Gasteiger partial charge in [-0.05, 0) is 92.4 Å². The number of hydrazine groups is 1. The van der Waals surface area contributed by atoms with Crippen LogP contribution in [-0.4, -0.2) is 58.4 Å². The predicted molar refractivity (Wildman–Crippen MR) is 150 cm³/mol. The Morgan fingerprint density at radius 2 is 2.00 bits per heavy atom. The van der Waals surface area contributed by atoms with Gasteiger partial charge in [0.25, 0.3) is 5.91 Å². The fraction of sp³-hybridized carbons (Fsp3) is 0.296.